The Morgan fingerprint density at radius 3 is 2.86 bits per heavy atom. The van der Waals surface area contributed by atoms with Gasteiger partial charge in [0.05, 0.1) is 5.71 Å². The molecule has 0 spiro atoms. The number of nitrogens with one attached hydrogen (secondary N) is 1. The molecular formula is C17H20N10O2. The highest BCUT2D eigenvalue weighted by Gasteiger charge is 2.27. The largest absolute Gasteiger partial charge is 0.378 e. The number of nitrogen functional groups attached to an aromatic ring is 1. The van der Waals surface area contributed by atoms with Crippen molar-refractivity contribution < 1.29 is 9.42 Å². The van der Waals surface area contributed by atoms with Gasteiger partial charge in [-0.2, -0.15) is 9.78 Å². The van der Waals surface area contributed by atoms with Crippen LogP contribution in [0, 0.1) is 0 Å². The number of pyridine rings is 1. The van der Waals surface area contributed by atoms with Crippen molar-refractivity contribution in [2.24, 2.45) is 5.10 Å². The second-order valence-electron chi connectivity index (χ2n) is 6.63. The quantitative estimate of drug-likeness (QED) is 0.444. The number of hydrazone groups is 1. The van der Waals surface area contributed by atoms with E-state index in [9.17, 15) is 4.79 Å². The number of nitrogens with zero attached hydrogens (tertiary/aromatic N) is 8. The summed E-state index contributed by atoms with van der Waals surface area (Å²) < 4.78 is 5.87. The molecule has 0 atom stereocenters. The van der Waals surface area contributed by atoms with Crippen LogP contribution in [0.4, 0.5) is 5.82 Å². The number of amides is 1. The van der Waals surface area contributed by atoms with E-state index < -0.39 is 5.91 Å². The van der Waals surface area contributed by atoms with Crippen LogP contribution in [0.2, 0.25) is 0 Å². The molecule has 1 fully saturated rings. The zero-order valence-corrected chi connectivity index (χ0v) is 15.8. The van der Waals surface area contributed by atoms with Gasteiger partial charge in [0.15, 0.2) is 5.69 Å². The van der Waals surface area contributed by atoms with Gasteiger partial charge in [-0.1, -0.05) is 11.3 Å². The molecule has 0 bridgehead atoms. The molecule has 12 heteroatoms. The van der Waals surface area contributed by atoms with Crippen LogP contribution in [-0.2, 0) is 6.54 Å². The number of hydrogen-bond acceptors (Lipinski definition) is 10. The van der Waals surface area contributed by atoms with Gasteiger partial charge in [0.1, 0.15) is 5.69 Å². The Kier molecular flexibility index (Phi) is 5.24. The lowest BCUT2D eigenvalue weighted by atomic mass is 10.2. The third kappa shape index (κ3) is 3.96. The Morgan fingerprint density at radius 2 is 2.17 bits per heavy atom. The molecule has 1 saturated heterocycles. The van der Waals surface area contributed by atoms with E-state index >= 15 is 0 Å². The highest BCUT2D eigenvalue weighted by molar-refractivity contribution is 6.00. The predicted octanol–water partition coefficient (Wildman–Crippen LogP) is 0.377. The molecule has 3 N–H and O–H groups in total. The van der Waals surface area contributed by atoms with Gasteiger partial charge in [-0.25, -0.2) is 10.1 Å². The summed E-state index contributed by atoms with van der Waals surface area (Å²) >= 11 is 0. The summed E-state index contributed by atoms with van der Waals surface area (Å²) in [6, 6.07) is 3.65. The normalized spacial score (nSPS) is 15.0. The number of aromatic nitrogens is 6. The first kappa shape index (κ1) is 18.7. The second kappa shape index (κ2) is 8.14. The molecule has 12 nitrogen and oxygen atoms in total. The van der Waals surface area contributed by atoms with Crippen LogP contribution in [0.5, 0.6) is 0 Å². The van der Waals surface area contributed by atoms with Gasteiger partial charge in [-0.3, -0.25) is 14.7 Å². The molecule has 1 amide bonds. The molecule has 4 heterocycles. The lowest BCUT2D eigenvalue weighted by Gasteiger charge is -2.13. The summed E-state index contributed by atoms with van der Waals surface area (Å²) in [5, 5.41) is 19.7. The first-order valence-electron chi connectivity index (χ1n) is 9.14. The minimum atomic E-state index is -0.491. The van der Waals surface area contributed by atoms with Gasteiger partial charge in [0.25, 0.3) is 5.91 Å². The van der Waals surface area contributed by atoms with Crippen LogP contribution in [-0.4, -0.2) is 59.9 Å². The molecule has 29 heavy (non-hydrogen) atoms. The van der Waals surface area contributed by atoms with Crippen molar-refractivity contribution in [1.29, 1.82) is 0 Å². The van der Waals surface area contributed by atoms with Crippen LogP contribution in [0.15, 0.2) is 34.3 Å². The number of carbonyl (C=O) groups excluding carboxylic acids is 1. The molecule has 0 aromatic carbocycles. The molecule has 150 valence electrons. The minimum absolute atomic E-state index is 0.00622. The average molecular weight is 396 g/mol. The second-order valence-corrected chi connectivity index (χ2v) is 6.63. The summed E-state index contributed by atoms with van der Waals surface area (Å²) in [4.78, 5) is 19.2. The Balaban J connectivity index is 1.63. The van der Waals surface area contributed by atoms with E-state index in [1.54, 1.807) is 25.4 Å². The van der Waals surface area contributed by atoms with Gasteiger partial charge >= 0.3 is 0 Å². The first-order valence-corrected chi connectivity index (χ1v) is 9.14. The molecule has 1 aliphatic rings. The van der Waals surface area contributed by atoms with Crippen molar-refractivity contribution in [2.45, 2.75) is 26.3 Å². The Bertz CT molecular complexity index is 1020. The lowest BCUT2D eigenvalue weighted by Crippen LogP contribution is -2.26. The van der Waals surface area contributed by atoms with Crippen LogP contribution >= 0.6 is 0 Å². The van der Waals surface area contributed by atoms with Crippen LogP contribution in [0.3, 0.4) is 0 Å². The number of hydrogen-bond donors (Lipinski definition) is 2. The van der Waals surface area contributed by atoms with Gasteiger partial charge in [0.2, 0.25) is 11.6 Å². The van der Waals surface area contributed by atoms with Crippen molar-refractivity contribution in [3.05, 3.63) is 41.5 Å². The summed E-state index contributed by atoms with van der Waals surface area (Å²) in [5.41, 5.74) is 10.4. The zero-order valence-electron chi connectivity index (χ0n) is 15.8. The Hall–Kier alpha value is -3.67. The highest BCUT2D eigenvalue weighted by atomic mass is 16.6. The standard InChI is InChI=1S/C17H20N10O2/c1-11(12-5-4-6-19-9-12)20-22-17(28)14-13(10-26-7-2-3-8-26)21-25-27(14)16-15(18)23-29-24-16/h4-6,9H,2-3,7-8,10H2,1H3,(H2,18,23)(H,22,28)/b20-11-. The molecule has 0 radical (unpaired) electrons. The van der Waals surface area contributed by atoms with E-state index in [1.165, 1.54) is 4.68 Å². The monoisotopic (exact) mass is 396 g/mol. The van der Waals surface area contributed by atoms with E-state index in [0.29, 0.717) is 18.0 Å². The fraction of sp³-hybridized carbons (Fsp3) is 0.353. The van der Waals surface area contributed by atoms with Crippen molar-refractivity contribution in [3.8, 4) is 5.82 Å². The topological polar surface area (TPSA) is 153 Å². The SMILES string of the molecule is C/C(=N/NC(=O)c1c(CN2CCCC2)nnn1-c1nonc1N)c1cccnc1. The van der Waals surface area contributed by atoms with Crippen LogP contribution in [0.1, 0.15) is 41.5 Å². The van der Waals surface area contributed by atoms with E-state index in [2.05, 4.69) is 45.7 Å². The fourth-order valence-electron chi connectivity index (χ4n) is 3.11. The molecule has 1 aliphatic heterocycles. The maximum Gasteiger partial charge on any atom is 0.292 e. The average Bonchev–Trinajstić information content (AvgIpc) is 3.48. The number of anilines is 1. The van der Waals surface area contributed by atoms with Crippen molar-refractivity contribution >= 4 is 17.4 Å². The molecule has 0 saturated carbocycles. The lowest BCUT2D eigenvalue weighted by molar-refractivity contribution is 0.0945. The summed E-state index contributed by atoms with van der Waals surface area (Å²) in [6.45, 7) is 4.15. The highest BCUT2D eigenvalue weighted by Crippen LogP contribution is 2.19. The maximum absolute atomic E-state index is 13.0. The summed E-state index contributed by atoms with van der Waals surface area (Å²) in [5.74, 6) is -0.384. The fourth-order valence-corrected chi connectivity index (χ4v) is 3.11. The van der Waals surface area contributed by atoms with E-state index in [-0.39, 0.29) is 17.3 Å². The number of rotatable bonds is 6. The van der Waals surface area contributed by atoms with Gasteiger partial charge in [-0.15, -0.1) is 5.10 Å². The minimum Gasteiger partial charge on any atom is -0.378 e. The first-order chi connectivity index (χ1) is 14.1. The summed E-state index contributed by atoms with van der Waals surface area (Å²) in [6.07, 6.45) is 5.56. The number of nitrogens with two attached hydrogens (primary N) is 1. The van der Waals surface area contributed by atoms with Crippen LogP contribution < -0.4 is 11.2 Å². The third-order valence-electron chi connectivity index (χ3n) is 4.63. The molecule has 0 unspecified atom stereocenters. The zero-order chi connectivity index (χ0) is 20.2. The predicted molar refractivity (Wildman–Crippen MR) is 102 cm³/mol. The van der Waals surface area contributed by atoms with Crippen molar-refractivity contribution in [1.82, 2.24) is 40.6 Å². The van der Waals surface area contributed by atoms with Gasteiger partial charge in [0, 0.05) is 24.5 Å². The molecule has 3 aromatic rings. The number of carbonyl (C=O) groups is 1. The smallest absolute Gasteiger partial charge is 0.292 e. The van der Waals surface area contributed by atoms with Gasteiger partial charge < -0.3 is 5.73 Å². The molecule has 0 aliphatic carbocycles. The van der Waals surface area contributed by atoms with Crippen LogP contribution in [0.25, 0.3) is 5.82 Å². The Morgan fingerprint density at radius 1 is 1.34 bits per heavy atom. The molecular weight excluding hydrogens is 376 g/mol. The van der Waals surface area contributed by atoms with Crippen molar-refractivity contribution in [2.75, 3.05) is 18.8 Å². The third-order valence-corrected chi connectivity index (χ3v) is 4.63. The van der Waals surface area contributed by atoms with E-state index in [4.69, 9.17) is 5.73 Å². The number of likely N-dealkylation sites (tertiary alicyclic amines) is 1. The van der Waals surface area contributed by atoms with Crippen molar-refractivity contribution in [3.63, 3.8) is 0 Å². The molecule has 3 aromatic heterocycles. The Labute approximate surface area is 165 Å². The van der Waals surface area contributed by atoms with E-state index in [0.717, 1.165) is 31.5 Å². The summed E-state index contributed by atoms with van der Waals surface area (Å²) in [7, 11) is 0. The molecule has 4 rings (SSSR count). The van der Waals surface area contributed by atoms with E-state index in [1.807, 2.05) is 6.07 Å². The van der Waals surface area contributed by atoms with Gasteiger partial charge in [-0.05, 0) is 49.2 Å². The maximum atomic E-state index is 13.0.